The summed E-state index contributed by atoms with van der Waals surface area (Å²) in [6, 6.07) is 0.699. The van der Waals surface area contributed by atoms with Crippen LogP contribution in [0.1, 0.15) is 19.3 Å². The fourth-order valence-electron chi connectivity index (χ4n) is 1.35. The van der Waals surface area contributed by atoms with Crippen molar-refractivity contribution in [3.05, 3.63) is 0 Å². The molecule has 2 aliphatic rings. The van der Waals surface area contributed by atoms with Crippen molar-refractivity contribution >= 4 is 12.4 Å². The summed E-state index contributed by atoms with van der Waals surface area (Å²) in [7, 11) is 0. The zero-order chi connectivity index (χ0) is 4.69. The summed E-state index contributed by atoms with van der Waals surface area (Å²) in [4.78, 5) is 5.10. The maximum Gasteiger partial charge on any atom is 0.0806 e. The number of rotatable bonds is 0. The van der Waals surface area contributed by atoms with Crippen molar-refractivity contribution in [2.45, 2.75) is 31.4 Å². The van der Waals surface area contributed by atoms with Gasteiger partial charge in [0.2, 0.25) is 0 Å². The van der Waals surface area contributed by atoms with E-state index in [-0.39, 0.29) is 12.4 Å². The molecule has 3 heteroatoms. The first-order valence-electron chi connectivity index (χ1n) is 2.86. The lowest BCUT2D eigenvalue weighted by Gasteiger charge is -2.08. The summed E-state index contributed by atoms with van der Waals surface area (Å²) in [6.45, 7) is 0. The van der Waals surface area contributed by atoms with Gasteiger partial charge >= 0.3 is 0 Å². The van der Waals surface area contributed by atoms with Crippen LogP contribution in [0.25, 0.3) is 0 Å². The van der Waals surface area contributed by atoms with Gasteiger partial charge in [-0.15, -0.1) is 12.4 Å². The van der Waals surface area contributed by atoms with Gasteiger partial charge < -0.3 is 0 Å². The third-order valence-corrected chi connectivity index (χ3v) is 1.79. The van der Waals surface area contributed by atoms with Gasteiger partial charge in [0.1, 0.15) is 0 Å². The molecule has 48 valence electrons. The summed E-state index contributed by atoms with van der Waals surface area (Å²) >= 11 is 0. The Kier molecular flexibility index (Phi) is 1.75. The molecule has 8 heavy (non-hydrogen) atoms. The molecular formula is C5H10ClNO. The zero-order valence-electron chi connectivity index (χ0n) is 4.59. The first-order valence-corrected chi connectivity index (χ1v) is 2.86. The Balaban J connectivity index is 0.000000320. The number of hydroxylamine groups is 1. The van der Waals surface area contributed by atoms with E-state index in [1.54, 1.807) is 0 Å². The van der Waals surface area contributed by atoms with Gasteiger partial charge in [-0.05, 0) is 19.3 Å². The minimum absolute atomic E-state index is 0. The van der Waals surface area contributed by atoms with Crippen LogP contribution in [0.15, 0.2) is 0 Å². The number of hydrogen-bond donors (Lipinski definition) is 1. The van der Waals surface area contributed by atoms with E-state index in [2.05, 4.69) is 5.48 Å². The van der Waals surface area contributed by atoms with E-state index in [1.165, 1.54) is 19.3 Å². The van der Waals surface area contributed by atoms with Gasteiger partial charge in [-0.3, -0.25) is 4.84 Å². The van der Waals surface area contributed by atoms with Crippen LogP contribution >= 0.6 is 12.4 Å². The van der Waals surface area contributed by atoms with Gasteiger partial charge in [0.15, 0.2) is 0 Å². The number of nitrogens with one attached hydrogen (secondary N) is 1. The van der Waals surface area contributed by atoms with Crippen molar-refractivity contribution < 1.29 is 4.84 Å². The largest absolute Gasteiger partial charge is 0.298 e. The quantitative estimate of drug-likeness (QED) is 0.532. The van der Waals surface area contributed by atoms with Gasteiger partial charge in [0, 0.05) is 6.04 Å². The summed E-state index contributed by atoms with van der Waals surface area (Å²) in [5, 5.41) is 0. The Hall–Kier alpha value is 0.210. The van der Waals surface area contributed by atoms with Crippen LogP contribution in [0.3, 0.4) is 0 Å². The van der Waals surface area contributed by atoms with E-state index in [1.807, 2.05) is 0 Å². The first-order chi connectivity index (χ1) is 3.45. The highest BCUT2D eigenvalue weighted by Crippen LogP contribution is 2.26. The molecule has 1 N–H and O–H groups in total. The fraction of sp³-hybridized carbons (Fsp3) is 1.00. The predicted octanol–water partition coefficient (Wildman–Crippen LogP) is 0.864. The molecule has 0 aromatic heterocycles. The SMILES string of the molecule is C1CC2CC1NO2.Cl. The molecule has 1 aliphatic heterocycles. The lowest BCUT2D eigenvalue weighted by atomic mass is 10.3. The second-order valence-electron chi connectivity index (χ2n) is 2.37. The Morgan fingerprint density at radius 2 is 2.25 bits per heavy atom. The first kappa shape index (κ1) is 6.33. The van der Waals surface area contributed by atoms with Gasteiger partial charge in [-0.1, -0.05) is 0 Å². The van der Waals surface area contributed by atoms with Crippen LogP contribution in [-0.4, -0.2) is 12.1 Å². The number of hydrogen-bond acceptors (Lipinski definition) is 2. The van der Waals surface area contributed by atoms with E-state index >= 15 is 0 Å². The molecular weight excluding hydrogens is 126 g/mol. The average Bonchev–Trinajstić information content (AvgIpc) is 2.22. The molecule has 1 saturated heterocycles. The molecule has 0 aromatic rings. The van der Waals surface area contributed by atoms with Crippen LogP contribution in [0.4, 0.5) is 0 Å². The van der Waals surface area contributed by atoms with E-state index in [9.17, 15) is 0 Å². The van der Waals surface area contributed by atoms with Gasteiger partial charge in [0.25, 0.3) is 0 Å². The summed E-state index contributed by atoms with van der Waals surface area (Å²) in [6.07, 6.45) is 4.41. The fourth-order valence-corrected chi connectivity index (χ4v) is 1.35. The molecule has 0 spiro atoms. The van der Waals surface area contributed by atoms with Crippen molar-refractivity contribution in [3.8, 4) is 0 Å². The topological polar surface area (TPSA) is 21.3 Å². The Labute approximate surface area is 55.0 Å². The lowest BCUT2D eigenvalue weighted by molar-refractivity contribution is -0.000269. The Morgan fingerprint density at radius 1 is 1.38 bits per heavy atom. The van der Waals surface area contributed by atoms with E-state index in [0.717, 1.165) is 0 Å². The number of fused-ring (bicyclic) bond motifs is 2. The van der Waals surface area contributed by atoms with Crippen molar-refractivity contribution in [1.29, 1.82) is 0 Å². The molecule has 0 radical (unpaired) electrons. The highest BCUT2D eigenvalue weighted by molar-refractivity contribution is 5.85. The van der Waals surface area contributed by atoms with Crippen LogP contribution in [0.2, 0.25) is 0 Å². The monoisotopic (exact) mass is 135 g/mol. The zero-order valence-corrected chi connectivity index (χ0v) is 5.41. The molecule has 1 aliphatic carbocycles. The highest BCUT2D eigenvalue weighted by atomic mass is 35.5. The molecule has 2 nitrogen and oxygen atoms in total. The second kappa shape index (κ2) is 2.21. The molecule has 1 saturated carbocycles. The van der Waals surface area contributed by atoms with Crippen LogP contribution < -0.4 is 5.48 Å². The van der Waals surface area contributed by atoms with Gasteiger partial charge in [-0.25, -0.2) is 0 Å². The third kappa shape index (κ3) is 0.835. The molecule has 2 rings (SSSR count). The third-order valence-electron chi connectivity index (χ3n) is 1.79. The molecule has 2 bridgehead atoms. The van der Waals surface area contributed by atoms with Crippen LogP contribution in [-0.2, 0) is 4.84 Å². The standard InChI is InChI=1S/C5H9NO.ClH/c1-2-5-3-4(1)6-7-5;/h4-6H,1-3H2;1H. The smallest absolute Gasteiger partial charge is 0.0806 e. The maximum absolute atomic E-state index is 5.10. The summed E-state index contributed by atoms with van der Waals surface area (Å²) < 4.78 is 0. The summed E-state index contributed by atoms with van der Waals surface area (Å²) in [5.74, 6) is 0. The average molecular weight is 136 g/mol. The van der Waals surface area contributed by atoms with Crippen LogP contribution in [0.5, 0.6) is 0 Å². The molecule has 2 fully saturated rings. The molecule has 2 unspecified atom stereocenters. The van der Waals surface area contributed by atoms with Crippen LogP contribution in [0, 0.1) is 0 Å². The molecule has 0 aromatic carbocycles. The van der Waals surface area contributed by atoms with E-state index in [0.29, 0.717) is 12.1 Å². The second-order valence-corrected chi connectivity index (χ2v) is 2.37. The lowest BCUT2D eigenvalue weighted by Crippen LogP contribution is -2.22. The molecule has 1 heterocycles. The Morgan fingerprint density at radius 3 is 2.38 bits per heavy atom. The summed E-state index contributed by atoms with van der Waals surface area (Å²) in [5.41, 5.74) is 2.96. The highest BCUT2D eigenvalue weighted by Gasteiger charge is 2.31. The van der Waals surface area contributed by atoms with E-state index in [4.69, 9.17) is 4.84 Å². The maximum atomic E-state index is 5.10. The van der Waals surface area contributed by atoms with Gasteiger partial charge in [-0.2, -0.15) is 5.48 Å². The van der Waals surface area contributed by atoms with Crippen molar-refractivity contribution in [1.82, 2.24) is 5.48 Å². The van der Waals surface area contributed by atoms with Crippen molar-refractivity contribution in [3.63, 3.8) is 0 Å². The van der Waals surface area contributed by atoms with Gasteiger partial charge in [0.05, 0.1) is 6.10 Å². The molecule has 0 amide bonds. The minimum atomic E-state index is 0. The van der Waals surface area contributed by atoms with E-state index < -0.39 is 0 Å². The molecule has 2 atom stereocenters. The predicted molar refractivity (Wildman–Crippen MR) is 32.9 cm³/mol. The number of halogens is 1. The Bertz CT molecular complexity index is 70.5. The van der Waals surface area contributed by atoms with Crippen molar-refractivity contribution in [2.24, 2.45) is 0 Å². The van der Waals surface area contributed by atoms with Crippen molar-refractivity contribution in [2.75, 3.05) is 0 Å². The minimum Gasteiger partial charge on any atom is -0.298 e. The normalized spacial score (nSPS) is 42.0.